The zero-order chi connectivity index (χ0) is 20.5. The molecule has 0 saturated carbocycles. The Bertz CT molecular complexity index is 1400. The van der Waals surface area contributed by atoms with Gasteiger partial charge in [-0.15, -0.1) is 11.3 Å². The minimum absolute atomic E-state index is 0.00618. The van der Waals surface area contributed by atoms with Crippen molar-refractivity contribution < 1.29 is 9.21 Å². The first kappa shape index (κ1) is 18.3. The largest absolute Gasteiger partial charge is 0.457 e. The standard InChI is InChI=1S/C22H16N4O3S/c27-18-12-24-26(17-7-3-1-5-15(17)18)13-21(28)23-11-14-9-10-19(29-14)22-25-16-6-2-4-8-20(16)30-22/h1-10,12H,11,13H2,(H,23,28). The monoisotopic (exact) mass is 416 g/mol. The van der Waals surface area contributed by atoms with Crippen molar-refractivity contribution in [2.45, 2.75) is 13.1 Å². The SMILES string of the molecule is O=C(Cn1ncc(=O)c2ccccc21)NCc1ccc(-c2nc3ccccc3s2)o1. The van der Waals surface area contributed by atoms with Crippen molar-refractivity contribution in [3.05, 3.63) is 82.8 Å². The zero-order valence-corrected chi connectivity index (χ0v) is 16.6. The van der Waals surface area contributed by atoms with Crippen LogP contribution in [0.2, 0.25) is 0 Å². The maximum atomic E-state index is 12.4. The number of rotatable bonds is 5. The smallest absolute Gasteiger partial charge is 0.242 e. The highest BCUT2D eigenvalue weighted by Gasteiger charge is 2.12. The highest BCUT2D eigenvalue weighted by Crippen LogP contribution is 2.31. The van der Waals surface area contributed by atoms with E-state index in [2.05, 4.69) is 15.4 Å². The molecular weight excluding hydrogens is 400 g/mol. The van der Waals surface area contributed by atoms with Gasteiger partial charge in [0.25, 0.3) is 0 Å². The number of furan rings is 1. The van der Waals surface area contributed by atoms with Gasteiger partial charge in [-0.1, -0.05) is 24.3 Å². The molecule has 7 nitrogen and oxygen atoms in total. The minimum Gasteiger partial charge on any atom is -0.457 e. The fourth-order valence-corrected chi connectivity index (χ4v) is 4.16. The second-order valence-corrected chi connectivity index (χ2v) is 7.74. The molecule has 0 radical (unpaired) electrons. The number of benzene rings is 2. The number of carbonyl (C=O) groups excluding carboxylic acids is 1. The summed E-state index contributed by atoms with van der Waals surface area (Å²) in [6.07, 6.45) is 1.23. The Kier molecular flexibility index (Phi) is 4.61. The molecule has 0 aliphatic carbocycles. The maximum Gasteiger partial charge on any atom is 0.242 e. The first-order chi connectivity index (χ1) is 14.7. The summed E-state index contributed by atoms with van der Waals surface area (Å²) in [5.41, 5.74) is 1.39. The zero-order valence-electron chi connectivity index (χ0n) is 15.7. The van der Waals surface area contributed by atoms with Crippen LogP contribution in [0.15, 0.2) is 76.1 Å². The van der Waals surface area contributed by atoms with Gasteiger partial charge in [0.2, 0.25) is 11.3 Å². The number of hydrogen-bond donors (Lipinski definition) is 1. The molecular formula is C22H16N4O3S. The van der Waals surface area contributed by atoms with Crippen LogP contribution >= 0.6 is 11.3 Å². The summed E-state index contributed by atoms with van der Waals surface area (Å²) >= 11 is 1.56. The van der Waals surface area contributed by atoms with Crippen molar-refractivity contribution in [1.82, 2.24) is 20.1 Å². The molecule has 5 aromatic rings. The van der Waals surface area contributed by atoms with Crippen LogP contribution in [-0.2, 0) is 17.9 Å². The van der Waals surface area contributed by atoms with E-state index in [1.54, 1.807) is 29.5 Å². The van der Waals surface area contributed by atoms with Gasteiger partial charge < -0.3 is 9.73 Å². The molecule has 2 aromatic carbocycles. The van der Waals surface area contributed by atoms with Gasteiger partial charge in [0.1, 0.15) is 12.3 Å². The van der Waals surface area contributed by atoms with Crippen LogP contribution in [0.25, 0.3) is 31.9 Å². The maximum absolute atomic E-state index is 12.4. The van der Waals surface area contributed by atoms with Crippen molar-refractivity contribution >= 4 is 38.4 Å². The quantitative estimate of drug-likeness (QED) is 0.473. The fourth-order valence-electron chi connectivity index (χ4n) is 3.23. The molecule has 0 saturated heterocycles. The number of para-hydroxylation sites is 2. The number of thiazole rings is 1. The number of carbonyl (C=O) groups is 1. The highest BCUT2D eigenvalue weighted by molar-refractivity contribution is 7.21. The van der Waals surface area contributed by atoms with Gasteiger partial charge in [-0.05, 0) is 36.4 Å². The van der Waals surface area contributed by atoms with E-state index in [1.807, 2.05) is 42.5 Å². The van der Waals surface area contributed by atoms with E-state index in [1.165, 1.54) is 10.9 Å². The van der Waals surface area contributed by atoms with Gasteiger partial charge in [-0.25, -0.2) is 4.98 Å². The molecule has 0 atom stereocenters. The summed E-state index contributed by atoms with van der Waals surface area (Å²) in [6, 6.07) is 18.7. The number of fused-ring (bicyclic) bond motifs is 2. The molecule has 1 amide bonds. The van der Waals surface area contributed by atoms with Crippen LogP contribution in [0.5, 0.6) is 0 Å². The van der Waals surface area contributed by atoms with Crippen molar-refractivity contribution in [3.8, 4) is 10.8 Å². The Hall–Kier alpha value is -3.78. The van der Waals surface area contributed by atoms with E-state index in [0.29, 0.717) is 22.4 Å². The summed E-state index contributed by atoms with van der Waals surface area (Å²) in [5.74, 6) is 1.08. The molecule has 1 N–H and O–H groups in total. The van der Waals surface area contributed by atoms with Gasteiger partial charge in [-0.3, -0.25) is 14.3 Å². The highest BCUT2D eigenvalue weighted by atomic mass is 32.1. The summed E-state index contributed by atoms with van der Waals surface area (Å²) in [7, 11) is 0. The number of nitrogens with one attached hydrogen (secondary N) is 1. The minimum atomic E-state index is -0.228. The lowest BCUT2D eigenvalue weighted by Gasteiger charge is -2.09. The first-order valence-electron chi connectivity index (χ1n) is 9.33. The Morgan fingerprint density at radius 2 is 1.90 bits per heavy atom. The van der Waals surface area contributed by atoms with Crippen molar-refractivity contribution in [1.29, 1.82) is 0 Å². The second kappa shape index (κ2) is 7.57. The summed E-state index contributed by atoms with van der Waals surface area (Å²) in [6.45, 7) is 0.258. The topological polar surface area (TPSA) is 90.0 Å². The molecule has 8 heteroatoms. The van der Waals surface area contributed by atoms with Crippen LogP contribution in [0.3, 0.4) is 0 Å². The summed E-state index contributed by atoms with van der Waals surface area (Å²) < 4.78 is 8.47. The fraction of sp³-hybridized carbons (Fsp3) is 0.0909. The lowest BCUT2D eigenvalue weighted by Crippen LogP contribution is -2.28. The molecule has 0 fully saturated rings. The number of hydrogen-bond acceptors (Lipinski definition) is 6. The van der Waals surface area contributed by atoms with Crippen LogP contribution in [0.1, 0.15) is 5.76 Å². The molecule has 0 aliphatic rings. The van der Waals surface area contributed by atoms with Gasteiger partial charge in [0.15, 0.2) is 10.8 Å². The predicted octanol–water partition coefficient (Wildman–Crippen LogP) is 3.58. The molecule has 3 heterocycles. The number of aromatic nitrogens is 3. The van der Waals surface area contributed by atoms with E-state index >= 15 is 0 Å². The average Bonchev–Trinajstić information content (AvgIpc) is 3.41. The lowest BCUT2D eigenvalue weighted by atomic mass is 10.2. The van der Waals surface area contributed by atoms with E-state index < -0.39 is 0 Å². The predicted molar refractivity (Wildman–Crippen MR) is 115 cm³/mol. The van der Waals surface area contributed by atoms with E-state index in [0.717, 1.165) is 15.2 Å². The number of nitrogens with zero attached hydrogens (tertiary/aromatic N) is 3. The molecule has 30 heavy (non-hydrogen) atoms. The molecule has 148 valence electrons. The third kappa shape index (κ3) is 3.48. The molecule has 0 aliphatic heterocycles. The molecule has 5 rings (SSSR count). The molecule has 0 bridgehead atoms. The van der Waals surface area contributed by atoms with Gasteiger partial charge in [0.05, 0.1) is 28.5 Å². The summed E-state index contributed by atoms with van der Waals surface area (Å²) in [4.78, 5) is 28.9. The van der Waals surface area contributed by atoms with Crippen LogP contribution in [0, 0.1) is 0 Å². The third-order valence-corrected chi connectivity index (χ3v) is 5.73. The molecule has 3 aromatic heterocycles. The van der Waals surface area contributed by atoms with Gasteiger partial charge in [-0.2, -0.15) is 5.10 Å². The second-order valence-electron chi connectivity index (χ2n) is 6.71. The molecule has 0 spiro atoms. The lowest BCUT2D eigenvalue weighted by molar-refractivity contribution is -0.122. The van der Waals surface area contributed by atoms with E-state index in [-0.39, 0.29) is 24.4 Å². The summed E-state index contributed by atoms with van der Waals surface area (Å²) in [5, 5.41) is 8.25. The van der Waals surface area contributed by atoms with Crippen molar-refractivity contribution in [2.24, 2.45) is 0 Å². The van der Waals surface area contributed by atoms with Crippen LogP contribution in [0.4, 0.5) is 0 Å². The van der Waals surface area contributed by atoms with E-state index in [9.17, 15) is 9.59 Å². The Morgan fingerprint density at radius 3 is 2.80 bits per heavy atom. The van der Waals surface area contributed by atoms with Crippen LogP contribution in [-0.4, -0.2) is 20.7 Å². The normalized spacial score (nSPS) is 11.2. The van der Waals surface area contributed by atoms with Crippen molar-refractivity contribution in [2.75, 3.05) is 0 Å². The average molecular weight is 416 g/mol. The Labute approximate surface area is 174 Å². The molecule has 0 unspecified atom stereocenters. The van der Waals surface area contributed by atoms with Crippen LogP contribution < -0.4 is 10.7 Å². The van der Waals surface area contributed by atoms with E-state index in [4.69, 9.17) is 4.42 Å². The first-order valence-corrected chi connectivity index (χ1v) is 10.2. The van der Waals surface area contributed by atoms with Gasteiger partial charge in [0, 0.05) is 5.39 Å². The Morgan fingerprint density at radius 1 is 1.07 bits per heavy atom. The third-order valence-electron chi connectivity index (χ3n) is 4.68. The van der Waals surface area contributed by atoms with Crippen molar-refractivity contribution in [3.63, 3.8) is 0 Å². The number of amides is 1. The van der Waals surface area contributed by atoms with Gasteiger partial charge >= 0.3 is 0 Å². The Balaban J connectivity index is 1.27.